The van der Waals surface area contributed by atoms with E-state index in [1.807, 2.05) is 30.2 Å². The lowest BCUT2D eigenvalue weighted by Crippen LogP contribution is -2.32. The minimum atomic E-state index is 0.180. The van der Waals surface area contributed by atoms with Crippen molar-refractivity contribution < 1.29 is 4.79 Å². The molecule has 0 spiro atoms. The van der Waals surface area contributed by atoms with E-state index < -0.39 is 0 Å². The zero-order valence-electron chi connectivity index (χ0n) is 12.9. The Morgan fingerprint density at radius 1 is 1.23 bits per heavy atom. The summed E-state index contributed by atoms with van der Waals surface area (Å²) in [7, 11) is 1.93. The minimum Gasteiger partial charge on any atom is -0.335 e. The molecule has 4 rings (SSSR count). The quantitative estimate of drug-likeness (QED) is 0.873. The Kier molecular flexibility index (Phi) is 3.25. The number of nitrogens with zero attached hydrogens (tertiary/aromatic N) is 3. The van der Waals surface area contributed by atoms with Crippen molar-refractivity contribution in [3.63, 3.8) is 0 Å². The van der Waals surface area contributed by atoms with Gasteiger partial charge in [-0.05, 0) is 30.7 Å². The fourth-order valence-electron chi connectivity index (χ4n) is 3.74. The monoisotopic (exact) mass is 295 g/mol. The Hall–Kier alpha value is -2.10. The second-order valence-electron chi connectivity index (χ2n) is 6.50. The van der Waals surface area contributed by atoms with Crippen LogP contribution in [0.1, 0.15) is 42.3 Å². The number of carbonyl (C=O) groups excluding carboxylic acids is 1. The lowest BCUT2D eigenvalue weighted by molar-refractivity contribution is -0.133. The molecule has 4 nitrogen and oxygen atoms in total. The normalized spacial score (nSPS) is 27.1. The highest BCUT2D eigenvalue weighted by Gasteiger charge is 2.47. The van der Waals surface area contributed by atoms with Gasteiger partial charge in [-0.2, -0.15) is 5.10 Å². The molecule has 2 aliphatic rings. The molecule has 4 heteroatoms. The minimum absolute atomic E-state index is 0.180. The maximum absolute atomic E-state index is 12.9. The van der Waals surface area contributed by atoms with Crippen LogP contribution in [0.5, 0.6) is 0 Å². The summed E-state index contributed by atoms with van der Waals surface area (Å²) >= 11 is 0. The number of amides is 1. The third-order valence-corrected chi connectivity index (χ3v) is 4.98. The van der Waals surface area contributed by atoms with Crippen LogP contribution in [0, 0.1) is 5.92 Å². The van der Waals surface area contributed by atoms with Gasteiger partial charge in [-0.15, -0.1) is 0 Å². The zero-order chi connectivity index (χ0) is 15.1. The smallest absolute Gasteiger partial charge is 0.226 e. The van der Waals surface area contributed by atoms with Crippen molar-refractivity contribution in [1.29, 1.82) is 0 Å². The van der Waals surface area contributed by atoms with Gasteiger partial charge in [0.2, 0.25) is 5.91 Å². The SMILES string of the molecule is Cn1cc(C2CCCN2C(=O)C2CC2c2ccccc2)cn1. The van der Waals surface area contributed by atoms with Crippen LogP contribution in [0.2, 0.25) is 0 Å². The zero-order valence-corrected chi connectivity index (χ0v) is 12.9. The molecule has 2 heterocycles. The number of hydrogen-bond acceptors (Lipinski definition) is 2. The van der Waals surface area contributed by atoms with Crippen LogP contribution in [0.4, 0.5) is 0 Å². The first-order chi connectivity index (χ1) is 10.7. The van der Waals surface area contributed by atoms with E-state index in [0.717, 1.165) is 25.8 Å². The Bertz CT molecular complexity index is 679. The van der Waals surface area contributed by atoms with Crippen LogP contribution in [-0.2, 0) is 11.8 Å². The molecule has 3 unspecified atom stereocenters. The number of benzene rings is 1. The summed E-state index contributed by atoms with van der Waals surface area (Å²) in [5, 5.41) is 4.26. The van der Waals surface area contributed by atoms with Crippen LogP contribution in [0.25, 0.3) is 0 Å². The van der Waals surface area contributed by atoms with Crippen molar-refractivity contribution in [2.45, 2.75) is 31.2 Å². The molecule has 3 atom stereocenters. The third-order valence-electron chi connectivity index (χ3n) is 4.98. The molecule has 1 aromatic heterocycles. The second kappa shape index (κ2) is 5.27. The molecule has 22 heavy (non-hydrogen) atoms. The van der Waals surface area contributed by atoms with E-state index in [1.54, 1.807) is 0 Å². The summed E-state index contributed by atoms with van der Waals surface area (Å²) in [4.78, 5) is 15.0. The van der Waals surface area contributed by atoms with Gasteiger partial charge in [0.05, 0.1) is 12.2 Å². The molecule has 0 bridgehead atoms. The topological polar surface area (TPSA) is 38.1 Å². The van der Waals surface area contributed by atoms with Crippen LogP contribution in [0.3, 0.4) is 0 Å². The van der Waals surface area contributed by atoms with Crippen LogP contribution in [0.15, 0.2) is 42.7 Å². The number of carbonyl (C=O) groups is 1. The summed E-state index contributed by atoms with van der Waals surface area (Å²) in [5.74, 6) is 0.934. The van der Waals surface area contributed by atoms with E-state index >= 15 is 0 Å². The van der Waals surface area contributed by atoms with Gasteiger partial charge in [0.15, 0.2) is 0 Å². The van der Waals surface area contributed by atoms with Crippen molar-refractivity contribution in [2.24, 2.45) is 13.0 Å². The van der Waals surface area contributed by atoms with Gasteiger partial charge in [0.25, 0.3) is 0 Å². The van der Waals surface area contributed by atoms with Crippen LogP contribution >= 0.6 is 0 Å². The standard InChI is InChI=1S/C18H21N3O/c1-20-12-14(11-19-20)17-8-5-9-21(17)18(22)16-10-15(16)13-6-3-2-4-7-13/h2-4,6-7,11-12,15-17H,5,8-10H2,1H3. The summed E-state index contributed by atoms with van der Waals surface area (Å²) < 4.78 is 1.82. The Morgan fingerprint density at radius 3 is 2.77 bits per heavy atom. The predicted octanol–water partition coefficient (Wildman–Crippen LogP) is 2.89. The highest BCUT2D eigenvalue weighted by atomic mass is 16.2. The molecule has 1 amide bonds. The predicted molar refractivity (Wildman–Crippen MR) is 84.2 cm³/mol. The Labute approximate surface area is 130 Å². The molecule has 1 saturated carbocycles. The van der Waals surface area contributed by atoms with Crippen molar-refractivity contribution in [1.82, 2.24) is 14.7 Å². The van der Waals surface area contributed by atoms with E-state index in [4.69, 9.17) is 0 Å². The van der Waals surface area contributed by atoms with Gasteiger partial charge in [-0.1, -0.05) is 30.3 Å². The van der Waals surface area contributed by atoms with Crippen LogP contribution < -0.4 is 0 Å². The van der Waals surface area contributed by atoms with E-state index in [9.17, 15) is 4.79 Å². The fraction of sp³-hybridized carbons (Fsp3) is 0.444. The summed E-state index contributed by atoms with van der Waals surface area (Å²) in [5.41, 5.74) is 2.48. The fourth-order valence-corrected chi connectivity index (χ4v) is 3.74. The molecular formula is C18H21N3O. The summed E-state index contributed by atoms with van der Waals surface area (Å²) in [6, 6.07) is 10.6. The van der Waals surface area contributed by atoms with Gasteiger partial charge >= 0.3 is 0 Å². The van der Waals surface area contributed by atoms with Gasteiger partial charge in [-0.25, -0.2) is 0 Å². The number of aromatic nitrogens is 2. The lowest BCUT2D eigenvalue weighted by Gasteiger charge is -2.24. The number of likely N-dealkylation sites (tertiary alicyclic amines) is 1. The number of aryl methyl sites for hydroxylation is 1. The van der Waals surface area contributed by atoms with Crippen molar-refractivity contribution in [3.8, 4) is 0 Å². The average molecular weight is 295 g/mol. The molecule has 2 aromatic rings. The van der Waals surface area contributed by atoms with E-state index in [-0.39, 0.29) is 12.0 Å². The maximum Gasteiger partial charge on any atom is 0.226 e. The second-order valence-corrected chi connectivity index (χ2v) is 6.50. The highest BCUT2D eigenvalue weighted by Crippen LogP contribution is 2.50. The van der Waals surface area contributed by atoms with E-state index in [2.05, 4.69) is 34.3 Å². The maximum atomic E-state index is 12.9. The van der Waals surface area contributed by atoms with Crippen molar-refractivity contribution >= 4 is 5.91 Å². The first kappa shape index (κ1) is 13.6. The Morgan fingerprint density at radius 2 is 2.05 bits per heavy atom. The average Bonchev–Trinajstić information content (AvgIpc) is 2.98. The molecule has 0 N–H and O–H groups in total. The molecule has 0 radical (unpaired) electrons. The molecule has 114 valence electrons. The first-order valence-electron chi connectivity index (χ1n) is 8.08. The molecule has 1 aliphatic carbocycles. The third kappa shape index (κ3) is 2.32. The Balaban J connectivity index is 1.49. The van der Waals surface area contributed by atoms with Gasteiger partial charge in [-0.3, -0.25) is 9.48 Å². The molecule has 1 aromatic carbocycles. The van der Waals surface area contributed by atoms with Crippen molar-refractivity contribution in [2.75, 3.05) is 6.54 Å². The van der Waals surface area contributed by atoms with Crippen molar-refractivity contribution in [3.05, 3.63) is 53.9 Å². The summed E-state index contributed by atoms with van der Waals surface area (Å²) in [6.07, 6.45) is 7.09. The number of rotatable bonds is 3. The largest absolute Gasteiger partial charge is 0.335 e. The van der Waals surface area contributed by atoms with Gasteiger partial charge in [0.1, 0.15) is 0 Å². The van der Waals surface area contributed by atoms with E-state index in [0.29, 0.717) is 11.8 Å². The van der Waals surface area contributed by atoms with Crippen LogP contribution in [-0.4, -0.2) is 27.1 Å². The highest BCUT2D eigenvalue weighted by molar-refractivity contribution is 5.83. The van der Waals surface area contributed by atoms with E-state index in [1.165, 1.54) is 11.1 Å². The van der Waals surface area contributed by atoms with Gasteiger partial charge < -0.3 is 4.90 Å². The van der Waals surface area contributed by atoms with Gasteiger partial charge in [0, 0.05) is 31.3 Å². The molecule has 1 saturated heterocycles. The summed E-state index contributed by atoms with van der Waals surface area (Å²) in [6.45, 7) is 0.885. The molecule has 2 fully saturated rings. The lowest BCUT2D eigenvalue weighted by atomic mass is 10.1. The molecule has 1 aliphatic heterocycles. The molecular weight excluding hydrogens is 274 g/mol. The number of hydrogen-bond donors (Lipinski definition) is 0. The first-order valence-corrected chi connectivity index (χ1v) is 8.08.